The zero-order chi connectivity index (χ0) is 13.3. The average molecular weight is 356 g/mol. The molecule has 2 rings (SSSR count). The van der Waals surface area contributed by atoms with E-state index in [-0.39, 0.29) is 4.47 Å². The van der Waals surface area contributed by atoms with Crippen LogP contribution in [0.3, 0.4) is 0 Å². The monoisotopic (exact) mass is 354 g/mol. The van der Waals surface area contributed by atoms with Gasteiger partial charge in [-0.15, -0.1) is 22.9 Å². The first kappa shape index (κ1) is 13.9. The summed E-state index contributed by atoms with van der Waals surface area (Å²) in [4.78, 5) is 0.826. The molecule has 2 aromatic rings. The van der Waals surface area contributed by atoms with E-state index in [0.717, 1.165) is 10.9 Å². The smallest absolute Gasteiger partial charge is 0.166 e. The predicted molar refractivity (Wildman–Crippen MR) is 71.2 cm³/mol. The largest absolute Gasteiger partial charge is 0.417 e. The Labute approximate surface area is 120 Å². The van der Waals surface area contributed by atoms with Crippen LogP contribution in [0.1, 0.15) is 21.4 Å². The van der Waals surface area contributed by atoms with E-state index in [1.807, 2.05) is 11.4 Å². The number of benzene rings is 1. The molecule has 1 unspecified atom stereocenters. The minimum Gasteiger partial charge on any atom is -0.166 e. The predicted octanol–water partition coefficient (Wildman–Crippen LogP) is 5.86. The van der Waals surface area contributed by atoms with Gasteiger partial charge in [-0.25, -0.2) is 0 Å². The van der Waals surface area contributed by atoms with Gasteiger partial charge in [0.05, 0.1) is 10.9 Å². The minimum atomic E-state index is -4.39. The van der Waals surface area contributed by atoms with Gasteiger partial charge in [-0.2, -0.15) is 13.2 Å². The molecule has 0 aliphatic rings. The minimum absolute atomic E-state index is 0.0220. The van der Waals surface area contributed by atoms with Crippen LogP contribution in [0.4, 0.5) is 13.2 Å². The molecular weight excluding hydrogens is 349 g/mol. The normalized spacial score (nSPS) is 13.6. The molecule has 1 heterocycles. The SMILES string of the molecule is FC(F)(F)c1cc(C(Cl)c2cccs2)ccc1Br. The van der Waals surface area contributed by atoms with Gasteiger partial charge in [0.25, 0.3) is 0 Å². The molecule has 0 N–H and O–H groups in total. The highest BCUT2D eigenvalue weighted by Gasteiger charge is 2.33. The van der Waals surface area contributed by atoms with Crippen LogP contribution in [0.2, 0.25) is 0 Å². The fraction of sp³-hybridized carbons (Fsp3) is 0.167. The molecule has 1 aromatic heterocycles. The molecule has 6 heteroatoms. The van der Waals surface area contributed by atoms with Crippen molar-refractivity contribution >= 4 is 38.9 Å². The maximum absolute atomic E-state index is 12.8. The van der Waals surface area contributed by atoms with Crippen molar-refractivity contribution in [1.82, 2.24) is 0 Å². The van der Waals surface area contributed by atoms with Gasteiger partial charge < -0.3 is 0 Å². The first-order chi connectivity index (χ1) is 8.39. The van der Waals surface area contributed by atoms with E-state index in [0.29, 0.717) is 5.56 Å². The van der Waals surface area contributed by atoms with Gasteiger partial charge in [0.1, 0.15) is 0 Å². The summed E-state index contributed by atoms with van der Waals surface area (Å²) in [5, 5.41) is 1.29. The van der Waals surface area contributed by atoms with Crippen molar-refractivity contribution in [3.05, 3.63) is 56.2 Å². The second kappa shape index (κ2) is 5.23. The molecule has 0 amide bonds. The number of hydrogen-bond donors (Lipinski definition) is 0. The Kier molecular flexibility index (Phi) is 4.04. The van der Waals surface area contributed by atoms with Crippen LogP contribution in [0.5, 0.6) is 0 Å². The molecular formula is C12H7BrClF3S. The molecule has 1 atom stereocenters. The van der Waals surface area contributed by atoms with Crippen molar-refractivity contribution in [3.8, 4) is 0 Å². The molecule has 0 spiro atoms. The van der Waals surface area contributed by atoms with Crippen molar-refractivity contribution in [2.75, 3.05) is 0 Å². The number of alkyl halides is 4. The van der Waals surface area contributed by atoms with Crippen LogP contribution in [0, 0.1) is 0 Å². The van der Waals surface area contributed by atoms with E-state index in [1.54, 1.807) is 12.1 Å². The number of rotatable bonds is 2. The molecule has 0 saturated heterocycles. The molecule has 18 heavy (non-hydrogen) atoms. The van der Waals surface area contributed by atoms with Gasteiger partial charge >= 0.3 is 6.18 Å². The molecule has 0 saturated carbocycles. The summed E-state index contributed by atoms with van der Waals surface area (Å²) in [5.74, 6) is 0. The summed E-state index contributed by atoms with van der Waals surface area (Å²) in [6.45, 7) is 0. The molecule has 96 valence electrons. The molecule has 1 aromatic carbocycles. The maximum atomic E-state index is 12.8. The lowest BCUT2D eigenvalue weighted by Crippen LogP contribution is -2.07. The van der Waals surface area contributed by atoms with E-state index < -0.39 is 17.1 Å². The van der Waals surface area contributed by atoms with Gasteiger partial charge in [0.2, 0.25) is 0 Å². The Morgan fingerprint density at radius 3 is 2.50 bits per heavy atom. The lowest BCUT2D eigenvalue weighted by Gasteiger charge is -2.13. The van der Waals surface area contributed by atoms with Crippen molar-refractivity contribution in [2.45, 2.75) is 11.6 Å². The molecule has 0 fully saturated rings. The molecule has 0 radical (unpaired) electrons. The van der Waals surface area contributed by atoms with Crippen LogP contribution < -0.4 is 0 Å². The third-order valence-electron chi connectivity index (χ3n) is 2.38. The third kappa shape index (κ3) is 2.90. The topological polar surface area (TPSA) is 0 Å². The second-order valence-electron chi connectivity index (χ2n) is 3.62. The first-order valence-electron chi connectivity index (χ1n) is 4.93. The Bertz CT molecular complexity index is 537. The Morgan fingerprint density at radius 2 is 1.94 bits per heavy atom. The Morgan fingerprint density at radius 1 is 1.22 bits per heavy atom. The summed E-state index contributed by atoms with van der Waals surface area (Å²) in [5.41, 5.74) is -0.267. The van der Waals surface area contributed by atoms with E-state index in [1.165, 1.54) is 17.4 Å². The van der Waals surface area contributed by atoms with Crippen molar-refractivity contribution in [1.29, 1.82) is 0 Å². The highest BCUT2D eigenvalue weighted by molar-refractivity contribution is 9.10. The van der Waals surface area contributed by atoms with Crippen molar-refractivity contribution in [2.24, 2.45) is 0 Å². The zero-order valence-electron chi connectivity index (χ0n) is 8.84. The van der Waals surface area contributed by atoms with Gasteiger partial charge in [-0.1, -0.05) is 28.1 Å². The van der Waals surface area contributed by atoms with Gasteiger partial charge in [0, 0.05) is 9.35 Å². The summed E-state index contributed by atoms with van der Waals surface area (Å²) >= 11 is 10.5. The van der Waals surface area contributed by atoms with Crippen molar-refractivity contribution < 1.29 is 13.2 Å². The molecule has 0 bridgehead atoms. The molecule has 0 aliphatic carbocycles. The van der Waals surface area contributed by atoms with Gasteiger partial charge in [-0.05, 0) is 29.1 Å². The van der Waals surface area contributed by atoms with E-state index in [4.69, 9.17) is 11.6 Å². The lowest BCUT2D eigenvalue weighted by atomic mass is 10.1. The maximum Gasteiger partial charge on any atom is 0.417 e. The van der Waals surface area contributed by atoms with Crippen molar-refractivity contribution in [3.63, 3.8) is 0 Å². The van der Waals surface area contributed by atoms with Gasteiger partial charge in [0.15, 0.2) is 0 Å². The zero-order valence-corrected chi connectivity index (χ0v) is 12.0. The Hall–Kier alpha value is -0.520. The summed E-state index contributed by atoms with van der Waals surface area (Å²) < 4.78 is 38.3. The van der Waals surface area contributed by atoms with Gasteiger partial charge in [-0.3, -0.25) is 0 Å². The van der Waals surface area contributed by atoms with Crippen LogP contribution in [0.15, 0.2) is 40.2 Å². The van der Waals surface area contributed by atoms with Crippen LogP contribution in [-0.4, -0.2) is 0 Å². The number of halogens is 5. The van der Waals surface area contributed by atoms with E-state index in [2.05, 4.69) is 15.9 Å². The fourth-order valence-electron chi connectivity index (χ4n) is 1.52. The molecule has 0 aliphatic heterocycles. The first-order valence-corrected chi connectivity index (χ1v) is 7.04. The third-order valence-corrected chi connectivity index (χ3v) is 4.63. The summed E-state index contributed by atoms with van der Waals surface area (Å²) in [6, 6.07) is 7.68. The fourth-order valence-corrected chi connectivity index (χ4v) is 3.08. The number of thiophene rings is 1. The lowest BCUT2D eigenvalue weighted by molar-refractivity contribution is -0.138. The van der Waals surface area contributed by atoms with Crippen LogP contribution in [-0.2, 0) is 6.18 Å². The summed E-state index contributed by atoms with van der Waals surface area (Å²) in [6.07, 6.45) is -4.39. The van der Waals surface area contributed by atoms with Crippen LogP contribution >= 0.6 is 38.9 Å². The highest BCUT2D eigenvalue weighted by atomic mass is 79.9. The highest BCUT2D eigenvalue weighted by Crippen LogP contribution is 2.39. The quantitative estimate of drug-likeness (QED) is 0.592. The van der Waals surface area contributed by atoms with E-state index in [9.17, 15) is 13.2 Å². The number of hydrogen-bond acceptors (Lipinski definition) is 1. The van der Waals surface area contributed by atoms with Crippen LogP contribution in [0.25, 0.3) is 0 Å². The average Bonchev–Trinajstić information content (AvgIpc) is 2.80. The standard InChI is InChI=1S/C12H7BrClF3S/c13-9-4-3-7(6-8(9)12(15,16)17)11(14)10-2-1-5-18-10/h1-6,11H. The molecule has 0 nitrogen and oxygen atoms in total. The van der Waals surface area contributed by atoms with E-state index >= 15 is 0 Å². The Balaban J connectivity index is 2.42. The summed E-state index contributed by atoms with van der Waals surface area (Å²) in [7, 11) is 0. The second-order valence-corrected chi connectivity index (χ2v) is 5.89.